The number of halogens is 2. The number of nitrogens with zero attached hydrogens (tertiary/aromatic N) is 1. The summed E-state index contributed by atoms with van der Waals surface area (Å²) in [7, 11) is 1.64. The molecule has 4 aromatic rings. The Morgan fingerprint density at radius 1 is 1.03 bits per heavy atom. The molecule has 1 aliphatic rings. The summed E-state index contributed by atoms with van der Waals surface area (Å²) in [6.45, 7) is 0.572. The van der Waals surface area contributed by atoms with Gasteiger partial charge in [-0.05, 0) is 72.1 Å². The number of carbonyl (C=O) groups excluding carboxylic acids is 1. The second-order valence-corrected chi connectivity index (χ2v) is 8.64. The summed E-state index contributed by atoms with van der Waals surface area (Å²) in [5.74, 6) is 0.769. The van der Waals surface area contributed by atoms with Crippen LogP contribution in [0.5, 0.6) is 5.75 Å². The number of hydrogen-bond donors (Lipinski definition) is 2. The van der Waals surface area contributed by atoms with Gasteiger partial charge in [-0.25, -0.2) is 4.79 Å². The van der Waals surface area contributed by atoms with Gasteiger partial charge in [0.25, 0.3) is 0 Å². The molecule has 32 heavy (non-hydrogen) atoms. The van der Waals surface area contributed by atoms with E-state index in [-0.39, 0.29) is 12.1 Å². The van der Waals surface area contributed by atoms with Crippen molar-refractivity contribution in [2.75, 3.05) is 19.0 Å². The maximum absolute atomic E-state index is 13.4. The predicted molar refractivity (Wildman–Crippen MR) is 129 cm³/mol. The van der Waals surface area contributed by atoms with Crippen LogP contribution < -0.4 is 10.1 Å². The monoisotopic (exact) mass is 465 g/mol. The smallest absolute Gasteiger partial charge is 0.322 e. The quantitative estimate of drug-likeness (QED) is 0.355. The molecule has 3 aromatic carbocycles. The summed E-state index contributed by atoms with van der Waals surface area (Å²) >= 11 is 12.3. The van der Waals surface area contributed by atoms with E-state index in [1.165, 1.54) is 5.56 Å². The van der Waals surface area contributed by atoms with Crippen LogP contribution in [0.1, 0.15) is 22.9 Å². The highest BCUT2D eigenvalue weighted by Crippen LogP contribution is 2.39. The van der Waals surface area contributed by atoms with Crippen LogP contribution in [0.2, 0.25) is 10.0 Å². The van der Waals surface area contributed by atoms with Gasteiger partial charge in [0, 0.05) is 38.9 Å². The van der Waals surface area contributed by atoms with E-state index in [4.69, 9.17) is 27.9 Å². The summed E-state index contributed by atoms with van der Waals surface area (Å²) in [6, 6.07) is 20.3. The number of methoxy groups -OCH3 is 1. The molecule has 0 saturated heterocycles. The summed E-state index contributed by atoms with van der Waals surface area (Å²) in [5, 5.41) is 5.43. The number of urea groups is 1. The molecule has 2 amide bonds. The summed E-state index contributed by atoms with van der Waals surface area (Å²) < 4.78 is 5.32. The first-order valence-corrected chi connectivity index (χ1v) is 11.1. The van der Waals surface area contributed by atoms with Crippen molar-refractivity contribution in [1.29, 1.82) is 0 Å². The highest BCUT2D eigenvalue weighted by molar-refractivity contribution is 6.31. The van der Waals surface area contributed by atoms with Crippen LogP contribution in [0.4, 0.5) is 10.5 Å². The number of carbonyl (C=O) groups is 1. The Morgan fingerprint density at radius 3 is 2.47 bits per heavy atom. The van der Waals surface area contributed by atoms with E-state index >= 15 is 0 Å². The molecule has 0 spiro atoms. The molecule has 1 aliphatic heterocycles. The number of nitrogens with one attached hydrogen (secondary N) is 2. The lowest BCUT2D eigenvalue weighted by Gasteiger charge is -2.36. The second-order valence-electron chi connectivity index (χ2n) is 7.76. The maximum atomic E-state index is 13.4. The number of fused-ring (bicyclic) bond motifs is 3. The minimum atomic E-state index is -0.275. The van der Waals surface area contributed by atoms with Crippen LogP contribution in [0, 0.1) is 0 Å². The van der Waals surface area contributed by atoms with Gasteiger partial charge in [0.05, 0.1) is 13.2 Å². The molecule has 0 bridgehead atoms. The Bertz CT molecular complexity index is 1280. The standard InChI is InChI=1S/C25H21Cl2N3O2/c1-32-19-9-2-15(3-10-19)24-23-20(21-14-17(27)6-11-22(21)29-23)12-13-30(24)25(31)28-18-7-4-16(26)5-8-18/h2-11,14,24,29H,12-13H2,1H3,(H,28,31)/t24-/m1/s1. The zero-order valence-electron chi connectivity index (χ0n) is 17.4. The third-order valence-electron chi connectivity index (χ3n) is 5.88. The van der Waals surface area contributed by atoms with Crippen LogP contribution in [0.3, 0.4) is 0 Å². The van der Waals surface area contributed by atoms with Gasteiger partial charge in [-0.3, -0.25) is 0 Å². The van der Waals surface area contributed by atoms with Gasteiger partial charge >= 0.3 is 6.03 Å². The van der Waals surface area contributed by atoms with Gasteiger partial charge in [0.15, 0.2) is 0 Å². The van der Waals surface area contributed by atoms with Gasteiger partial charge in [-0.2, -0.15) is 0 Å². The first-order valence-electron chi connectivity index (χ1n) is 10.3. The van der Waals surface area contributed by atoms with E-state index < -0.39 is 0 Å². The summed E-state index contributed by atoms with van der Waals surface area (Å²) in [5.41, 5.74) is 4.90. The van der Waals surface area contributed by atoms with Gasteiger partial charge in [-0.1, -0.05) is 35.3 Å². The molecule has 1 atom stereocenters. The normalized spacial score (nSPS) is 15.5. The fourth-order valence-electron chi connectivity index (χ4n) is 4.34. The van der Waals surface area contributed by atoms with Gasteiger partial charge in [0.2, 0.25) is 0 Å². The van der Waals surface area contributed by atoms with E-state index in [0.29, 0.717) is 22.3 Å². The van der Waals surface area contributed by atoms with Crippen molar-refractivity contribution < 1.29 is 9.53 Å². The third kappa shape index (κ3) is 3.78. The number of rotatable bonds is 3. The second kappa shape index (κ2) is 8.41. The Labute approximate surface area is 195 Å². The van der Waals surface area contributed by atoms with Crippen LogP contribution >= 0.6 is 23.2 Å². The zero-order chi connectivity index (χ0) is 22.2. The van der Waals surface area contributed by atoms with Crippen molar-refractivity contribution in [3.8, 4) is 5.75 Å². The molecule has 2 N–H and O–H groups in total. The number of aromatic nitrogens is 1. The number of ether oxygens (including phenoxy) is 1. The average molecular weight is 466 g/mol. The highest BCUT2D eigenvalue weighted by atomic mass is 35.5. The van der Waals surface area contributed by atoms with E-state index in [2.05, 4.69) is 10.3 Å². The third-order valence-corrected chi connectivity index (χ3v) is 6.36. The predicted octanol–water partition coefficient (Wildman–Crippen LogP) is 6.66. The van der Waals surface area contributed by atoms with Crippen LogP contribution in [-0.4, -0.2) is 29.6 Å². The maximum Gasteiger partial charge on any atom is 0.322 e. The number of amides is 2. The van der Waals surface area contributed by atoms with Crippen molar-refractivity contribution in [3.05, 3.63) is 93.6 Å². The lowest BCUT2D eigenvalue weighted by atomic mass is 9.92. The lowest BCUT2D eigenvalue weighted by molar-refractivity contribution is 0.193. The topological polar surface area (TPSA) is 57.4 Å². The lowest BCUT2D eigenvalue weighted by Crippen LogP contribution is -2.43. The molecule has 7 heteroatoms. The number of anilines is 1. The average Bonchev–Trinajstić information content (AvgIpc) is 3.18. The zero-order valence-corrected chi connectivity index (χ0v) is 18.9. The van der Waals surface area contributed by atoms with Gasteiger partial charge < -0.3 is 19.9 Å². The SMILES string of the molecule is COc1ccc([C@@H]2c3[nH]c4ccc(Cl)cc4c3CCN2C(=O)Nc2ccc(Cl)cc2)cc1. The first-order chi connectivity index (χ1) is 15.5. The minimum Gasteiger partial charge on any atom is -0.497 e. The van der Waals surface area contributed by atoms with E-state index in [1.807, 2.05) is 47.4 Å². The van der Waals surface area contributed by atoms with Crippen molar-refractivity contribution in [3.63, 3.8) is 0 Å². The highest BCUT2D eigenvalue weighted by Gasteiger charge is 2.34. The van der Waals surface area contributed by atoms with E-state index in [1.54, 1.807) is 31.4 Å². The van der Waals surface area contributed by atoms with Gasteiger partial charge in [-0.15, -0.1) is 0 Å². The van der Waals surface area contributed by atoms with Crippen LogP contribution in [0.25, 0.3) is 10.9 Å². The van der Waals surface area contributed by atoms with Crippen molar-refractivity contribution >= 4 is 45.8 Å². The molecule has 0 aliphatic carbocycles. The fraction of sp³-hybridized carbons (Fsp3) is 0.160. The molecule has 1 aromatic heterocycles. The number of benzene rings is 3. The molecule has 162 valence electrons. The number of H-pyrrole nitrogens is 1. The first kappa shape index (κ1) is 20.7. The van der Waals surface area contributed by atoms with Crippen molar-refractivity contribution in [1.82, 2.24) is 9.88 Å². The molecule has 2 heterocycles. The van der Waals surface area contributed by atoms with Crippen LogP contribution in [-0.2, 0) is 6.42 Å². The molecule has 0 fully saturated rings. The van der Waals surface area contributed by atoms with Crippen molar-refractivity contribution in [2.24, 2.45) is 0 Å². The molecule has 0 saturated carbocycles. The Balaban J connectivity index is 1.57. The minimum absolute atomic E-state index is 0.171. The summed E-state index contributed by atoms with van der Waals surface area (Å²) in [6.07, 6.45) is 0.733. The molecular weight excluding hydrogens is 445 g/mol. The molecular formula is C25H21Cl2N3O2. The molecule has 5 nitrogen and oxygen atoms in total. The van der Waals surface area contributed by atoms with E-state index in [0.717, 1.165) is 34.3 Å². The molecule has 0 radical (unpaired) electrons. The largest absolute Gasteiger partial charge is 0.497 e. The van der Waals surface area contributed by atoms with E-state index in [9.17, 15) is 4.79 Å². The van der Waals surface area contributed by atoms with Crippen LogP contribution in [0.15, 0.2) is 66.7 Å². The molecule has 0 unspecified atom stereocenters. The molecule has 5 rings (SSSR count). The fourth-order valence-corrected chi connectivity index (χ4v) is 4.64. The Morgan fingerprint density at radius 2 is 1.75 bits per heavy atom. The number of aromatic amines is 1. The Kier molecular flexibility index (Phi) is 5.45. The number of hydrogen-bond acceptors (Lipinski definition) is 2. The summed E-state index contributed by atoms with van der Waals surface area (Å²) in [4.78, 5) is 18.8. The van der Waals surface area contributed by atoms with Gasteiger partial charge in [0.1, 0.15) is 5.75 Å². The van der Waals surface area contributed by atoms with Crippen molar-refractivity contribution in [2.45, 2.75) is 12.5 Å². The Hall–Kier alpha value is -3.15.